The first-order chi connectivity index (χ1) is 24.9. The molecule has 4 aromatic carbocycles. The average molecular weight is 759 g/mol. The number of nitrogens with two attached hydrogens (primary N) is 2. The van der Waals surface area contributed by atoms with Gasteiger partial charge in [-0.2, -0.15) is 0 Å². The number of nitrogens with one attached hydrogen (secondary N) is 1. The normalized spacial score (nSPS) is 15.0. The Kier molecular flexibility index (Phi) is 9.49. The maximum absolute atomic E-state index is 7.03. The summed E-state index contributed by atoms with van der Waals surface area (Å²) >= 11 is 11.3. The molecule has 51 heavy (non-hydrogen) atoms. The minimum absolute atomic E-state index is 0.539. The van der Waals surface area contributed by atoms with Gasteiger partial charge in [0.1, 0.15) is 10.0 Å². The molecule has 0 atom stereocenters. The topological polar surface area (TPSA) is 82.9 Å². The second-order valence-corrected chi connectivity index (χ2v) is 16.4. The maximum atomic E-state index is 7.03. The van der Waals surface area contributed by atoms with Crippen molar-refractivity contribution in [3.63, 3.8) is 0 Å². The van der Waals surface area contributed by atoms with E-state index in [0.717, 1.165) is 58.4 Å². The molecule has 11 heteroatoms. The molecule has 0 saturated carbocycles. The van der Waals surface area contributed by atoms with E-state index in [4.69, 9.17) is 28.5 Å². The van der Waals surface area contributed by atoms with Gasteiger partial charge in [0.25, 0.3) is 0 Å². The van der Waals surface area contributed by atoms with E-state index in [1.54, 1.807) is 34.4 Å². The summed E-state index contributed by atoms with van der Waals surface area (Å²) < 4.78 is 8.05. The third-order valence-corrected chi connectivity index (χ3v) is 13.1. The van der Waals surface area contributed by atoms with Crippen LogP contribution in [0.15, 0.2) is 152 Å². The van der Waals surface area contributed by atoms with Crippen molar-refractivity contribution in [1.82, 2.24) is 4.72 Å². The van der Waals surface area contributed by atoms with Crippen molar-refractivity contribution in [2.75, 3.05) is 16.8 Å². The van der Waals surface area contributed by atoms with E-state index >= 15 is 0 Å². The number of thiophene rings is 2. The SMILES string of the molecule is CNS/N=C1\CC(c2ccc(N3c4ccccc4Sc4ccccc43)s2)=C(N)C(N)=C1c1ccc(N(c2ccccc2C)c2ccccc2S)s1. The van der Waals surface area contributed by atoms with E-state index in [-0.39, 0.29) is 0 Å². The van der Waals surface area contributed by atoms with E-state index in [0.29, 0.717) is 17.8 Å². The largest absolute Gasteiger partial charge is 0.397 e. The lowest BCUT2D eigenvalue weighted by atomic mass is 9.90. The number of para-hydroxylation sites is 4. The Labute approximate surface area is 320 Å². The Bertz CT molecular complexity index is 2280. The molecular weight excluding hydrogens is 725 g/mol. The lowest BCUT2D eigenvalue weighted by Crippen LogP contribution is -2.22. The summed E-state index contributed by atoms with van der Waals surface area (Å²) in [6, 6.07) is 42.3. The number of fused-ring (bicyclic) bond motifs is 2. The van der Waals surface area contributed by atoms with Gasteiger partial charge in [0.2, 0.25) is 0 Å². The van der Waals surface area contributed by atoms with Gasteiger partial charge < -0.3 is 16.4 Å². The van der Waals surface area contributed by atoms with Crippen LogP contribution >= 0.6 is 59.2 Å². The molecule has 5 N–H and O–H groups in total. The van der Waals surface area contributed by atoms with E-state index in [1.807, 2.05) is 25.2 Å². The van der Waals surface area contributed by atoms with Crippen LogP contribution < -0.4 is 26.0 Å². The quantitative estimate of drug-likeness (QED) is 0.0907. The predicted octanol–water partition coefficient (Wildman–Crippen LogP) is 11.5. The summed E-state index contributed by atoms with van der Waals surface area (Å²) in [5.74, 6) is 0. The van der Waals surface area contributed by atoms with Crippen LogP contribution in [0.3, 0.4) is 0 Å². The highest BCUT2D eigenvalue weighted by Crippen LogP contribution is 2.53. The number of benzene rings is 4. The smallest absolute Gasteiger partial charge is 0.101 e. The number of allylic oxidation sites excluding steroid dienone is 2. The van der Waals surface area contributed by atoms with Crippen molar-refractivity contribution in [3.05, 3.63) is 148 Å². The molecule has 0 unspecified atom stereocenters. The average Bonchev–Trinajstić information content (AvgIpc) is 3.83. The van der Waals surface area contributed by atoms with Gasteiger partial charge in [0.05, 0.1) is 46.3 Å². The second kappa shape index (κ2) is 14.3. The first-order valence-corrected chi connectivity index (χ1v) is 20.0. The molecule has 0 saturated heterocycles. The van der Waals surface area contributed by atoms with E-state index < -0.39 is 0 Å². The lowest BCUT2D eigenvalue weighted by molar-refractivity contribution is 1.18. The molecule has 254 valence electrons. The number of nitrogens with zero attached hydrogens (tertiary/aromatic N) is 3. The van der Waals surface area contributed by atoms with Crippen molar-refractivity contribution in [3.8, 4) is 0 Å². The third kappa shape index (κ3) is 6.28. The van der Waals surface area contributed by atoms with Gasteiger partial charge in [-0.25, -0.2) is 9.12 Å². The highest BCUT2D eigenvalue weighted by Gasteiger charge is 2.30. The van der Waals surface area contributed by atoms with Gasteiger partial charge >= 0.3 is 0 Å². The second-order valence-electron chi connectivity index (χ2n) is 12.0. The van der Waals surface area contributed by atoms with Crippen molar-refractivity contribution in [1.29, 1.82) is 0 Å². The van der Waals surface area contributed by atoms with Gasteiger partial charge in [0.15, 0.2) is 0 Å². The number of aryl methyl sites for hydroxylation is 1. The zero-order valence-electron chi connectivity index (χ0n) is 27.8. The molecule has 0 bridgehead atoms. The molecular formula is C40H34N6S5. The van der Waals surface area contributed by atoms with Crippen molar-refractivity contribution < 1.29 is 0 Å². The fraction of sp³-hybridized carbons (Fsp3) is 0.0750. The molecule has 3 heterocycles. The van der Waals surface area contributed by atoms with Crippen LogP contribution in [0.2, 0.25) is 0 Å². The van der Waals surface area contributed by atoms with Gasteiger partial charge in [-0.15, -0.1) is 35.3 Å². The van der Waals surface area contributed by atoms with Crippen LogP contribution in [0.5, 0.6) is 0 Å². The van der Waals surface area contributed by atoms with E-state index in [1.165, 1.54) is 33.3 Å². The molecule has 0 fully saturated rings. The number of hydrogen-bond donors (Lipinski definition) is 4. The van der Waals surface area contributed by atoms with Crippen LogP contribution in [-0.2, 0) is 0 Å². The van der Waals surface area contributed by atoms with Crippen molar-refractivity contribution >= 4 is 109 Å². The summed E-state index contributed by atoms with van der Waals surface area (Å²) in [5.41, 5.74) is 23.5. The zero-order chi connectivity index (χ0) is 35.1. The molecule has 8 rings (SSSR count). The fourth-order valence-electron chi connectivity index (χ4n) is 6.45. The summed E-state index contributed by atoms with van der Waals surface area (Å²) in [6.45, 7) is 2.13. The highest BCUT2D eigenvalue weighted by atomic mass is 32.2. The summed E-state index contributed by atoms with van der Waals surface area (Å²) in [7, 11) is 1.87. The van der Waals surface area contributed by atoms with Crippen LogP contribution in [-0.4, -0.2) is 12.8 Å². The molecule has 0 radical (unpaired) electrons. The monoisotopic (exact) mass is 758 g/mol. The zero-order valence-corrected chi connectivity index (χ0v) is 32.0. The first-order valence-electron chi connectivity index (χ1n) is 16.3. The molecule has 2 aliphatic rings. The molecule has 2 aromatic heterocycles. The minimum atomic E-state index is 0.539. The van der Waals surface area contributed by atoms with Crippen molar-refractivity contribution in [2.45, 2.75) is 28.0 Å². The van der Waals surface area contributed by atoms with Crippen molar-refractivity contribution in [2.24, 2.45) is 15.9 Å². The van der Waals surface area contributed by atoms with Crippen LogP contribution in [0.1, 0.15) is 21.7 Å². The Morgan fingerprint density at radius 3 is 2.10 bits per heavy atom. The Balaban J connectivity index is 1.21. The molecule has 1 aliphatic carbocycles. The number of rotatable bonds is 8. The van der Waals surface area contributed by atoms with Gasteiger partial charge in [-0.05, 0) is 86.3 Å². The van der Waals surface area contributed by atoms with Gasteiger partial charge in [0, 0.05) is 47.7 Å². The standard InChI is InChI=1S/C40H34N6S5/c1-24-11-3-4-12-27(24)45(28-13-5-8-16-31(28)47)36-22-20-35(50-36)38-26(44-51-43-2)23-25(39(41)40(38)42)32-19-21-37(49-32)46-29-14-6-9-17-33(29)48-34-18-10-7-15-30(34)46/h3-22,43,47H,23,41-42H2,1-2H3/b44-26+. The summed E-state index contributed by atoms with van der Waals surface area (Å²) in [4.78, 5) is 10.0. The lowest BCUT2D eigenvalue weighted by Gasteiger charge is -2.31. The maximum Gasteiger partial charge on any atom is 0.101 e. The Morgan fingerprint density at radius 1 is 0.745 bits per heavy atom. The molecule has 0 amide bonds. The summed E-state index contributed by atoms with van der Waals surface area (Å²) in [6.07, 6.45) is 0.549. The Hall–Kier alpha value is -4.36. The summed E-state index contributed by atoms with van der Waals surface area (Å²) in [5, 5.41) is 2.16. The number of thiol groups is 1. The molecule has 1 aliphatic heterocycles. The Morgan fingerprint density at radius 2 is 1.39 bits per heavy atom. The molecule has 6 nitrogen and oxygen atoms in total. The minimum Gasteiger partial charge on any atom is -0.397 e. The van der Waals surface area contributed by atoms with Crippen LogP contribution in [0.25, 0.3) is 11.1 Å². The number of hydrogen-bond acceptors (Lipinski definition) is 11. The molecule has 0 spiro atoms. The van der Waals surface area contributed by atoms with Gasteiger partial charge in [-0.1, -0.05) is 66.4 Å². The predicted molar refractivity (Wildman–Crippen MR) is 225 cm³/mol. The highest BCUT2D eigenvalue weighted by molar-refractivity contribution is 7.99. The van der Waals surface area contributed by atoms with E-state index in [9.17, 15) is 0 Å². The molecule has 6 aromatic rings. The first kappa shape index (κ1) is 33.8. The van der Waals surface area contributed by atoms with E-state index in [2.05, 4.69) is 125 Å². The number of anilines is 6. The van der Waals surface area contributed by atoms with Crippen LogP contribution in [0.4, 0.5) is 32.8 Å². The van der Waals surface area contributed by atoms with Crippen LogP contribution in [0, 0.1) is 6.92 Å². The van der Waals surface area contributed by atoms with Gasteiger partial charge in [-0.3, -0.25) is 4.90 Å². The third-order valence-electron chi connectivity index (χ3n) is 8.84. The fourth-order valence-corrected chi connectivity index (χ4v) is 10.3.